The van der Waals surface area contributed by atoms with Gasteiger partial charge in [-0.3, -0.25) is 4.79 Å². The minimum Gasteiger partial charge on any atom is -0.497 e. The Morgan fingerprint density at radius 3 is 2.39 bits per heavy atom. The zero-order valence-electron chi connectivity index (χ0n) is 16.6. The van der Waals surface area contributed by atoms with E-state index in [2.05, 4.69) is 5.32 Å². The zero-order chi connectivity index (χ0) is 20.2. The Bertz CT molecular complexity index is 771. The molecule has 2 aromatic carbocycles. The van der Waals surface area contributed by atoms with Gasteiger partial charge in [0, 0.05) is 31.4 Å². The van der Waals surface area contributed by atoms with Gasteiger partial charge in [-0.1, -0.05) is 12.1 Å². The minimum atomic E-state index is -0.155. The van der Waals surface area contributed by atoms with Gasteiger partial charge in [-0.05, 0) is 42.3 Å². The van der Waals surface area contributed by atoms with E-state index >= 15 is 0 Å². The molecule has 1 N–H and O–H groups in total. The van der Waals surface area contributed by atoms with Crippen molar-refractivity contribution >= 4 is 12.0 Å². The minimum absolute atomic E-state index is 0.155. The van der Waals surface area contributed by atoms with Crippen LogP contribution >= 0.6 is 0 Å². The fraction of sp³-hybridized carbons (Fsp3) is 0.318. The van der Waals surface area contributed by atoms with Gasteiger partial charge in [0.2, 0.25) is 5.91 Å². The van der Waals surface area contributed by atoms with Crippen molar-refractivity contribution in [3.05, 3.63) is 59.7 Å². The van der Waals surface area contributed by atoms with E-state index in [-0.39, 0.29) is 5.91 Å². The molecule has 6 heteroatoms. The molecule has 0 radical (unpaired) electrons. The van der Waals surface area contributed by atoms with Gasteiger partial charge in [0.15, 0.2) is 0 Å². The molecule has 0 aliphatic rings. The van der Waals surface area contributed by atoms with Gasteiger partial charge in [0.1, 0.15) is 23.9 Å². The van der Waals surface area contributed by atoms with Crippen LogP contribution in [0.1, 0.15) is 11.1 Å². The molecule has 0 saturated carbocycles. The first-order valence-electron chi connectivity index (χ1n) is 9.05. The number of carbonyl (C=O) groups is 1. The van der Waals surface area contributed by atoms with Crippen LogP contribution in [0.25, 0.3) is 6.08 Å². The van der Waals surface area contributed by atoms with Crippen molar-refractivity contribution in [3.8, 4) is 17.2 Å². The van der Waals surface area contributed by atoms with E-state index in [1.54, 1.807) is 33.5 Å². The van der Waals surface area contributed by atoms with Gasteiger partial charge in [-0.15, -0.1) is 0 Å². The smallest absolute Gasteiger partial charge is 0.244 e. The van der Waals surface area contributed by atoms with Crippen molar-refractivity contribution in [2.45, 2.75) is 6.42 Å². The Morgan fingerprint density at radius 1 is 0.964 bits per heavy atom. The number of methoxy groups -OCH3 is 3. The van der Waals surface area contributed by atoms with Crippen LogP contribution in [0.5, 0.6) is 17.2 Å². The Balaban J connectivity index is 1.79. The second kappa shape index (κ2) is 11.7. The molecule has 0 aromatic heterocycles. The molecule has 0 unspecified atom stereocenters. The summed E-state index contributed by atoms with van der Waals surface area (Å²) < 4.78 is 21.0. The molecule has 0 spiro atoms. The first kappa shape index (κ1) is 21.3. The van der Waals surface area contributed by atoms with E-state index in [9.17, 15) is 4.79 Å². The third-order valence-electron chi connectivity index (χ3n) is 4.05. The largest absolute Gasteiger partial charge is 0.497 e. The number of rotatable bonds is 11. The van der Waals surface area contributed by atoms with Crippen molar-refractivity contribution in [1.82, 2.24) is 5.32 Å². The average molecular weight is 385 g/mol. The SMILES string of the molecule is COCCOc1ccc(CCNC(=O)C=Cc2ccc(OC)cc2OC)cc1. The lowest BCUT2D eigenvalue weighted by Crippen LogP contribution is -2.23. The van der Waals surface area contributed by atoms with Gasteiger partial charge in [0.05, 0.1) is 20.8 Å². The summed E-state index contributed by atoms with van der Waals surface area (Å²) in [6.07, 6.45) is 3.96. The van der Waals surface area contributed by atoms with E-state index < -0.39 is 0 Å². The summed E-state index contributed by atoms with van der Waals surface area (Å²) in [5.41, 5.74) is 1.93. The monoisotopic (exact) mass is 385 g/mol. The van der Waals surface area contributed by atoms with Crippen LogP contribution in [-0.2, 0) is 16.0 Å². The van der Waals surface area contributed by atoms with Gasteiger partial charge >= 0.3 is 0 Å². The van der Waals surface area contributed by atoms with Gasteiger partial charge < -0.3 is 24.3 Å². The van der Waals surface area contributed by atoms with Crippen LogP contribution < -0.4 is 19.5 Å². The molecule has 0 fully saturated rings. The lowest BCUT2D eigenvalue weighted by molar-refractivity contribution is -0.116. The number of carbonyl (C=O) groups excluding carboxylic acids is 1. The summed E-state index contributed by atoms with van der Waals surface area (Å²) in [7, 11) is 4.82. The Hall–Kier alpha value is -2.99. The average Bonchev–Trinajstić information content (AvgIpc) is 2.73. The standard InChI is InChI=1S/C22H27NO5/c1-25-14-15-28-19-8-4-17(5-9-19)12-13-23-22(24)11-7-18-6-10-20(26-2)16-21(18)27-3/h4-11,16H,12-15H2,1-3H3,(H,23,24). The maximum Gasteiger partial charge on any atom is 0.244 e. The summed E-state index contributed by atoms with van der Waals surface area (Å²) in [4.78, 5) is 12.0. The van der Waals surface area contributed by atoms with E-state index in [1.165, 1.54) is 6.08 Å². The third kappa shape index (κ3) is 6.96. The number of hydrogen-bond acceptors (Lipinski definition) is 5. The molecule has 0 bridgehead atoms. The highest BCUT2D eigenvalue weighted by atomic mass is 16.5. The Labute approximate surface area is 166 Å². The molecule has 0 aliphatic carbocycles. The molecule has 2 rings (SSSR count). The molecule has 0 saturated heterocycles. The lowest BCUT2D eigenvalue weighted by atomic mass is 10.1. The molecule has 0 aliphatic heterocycles. The van der Waals surface area contributed by atoms with Crippen LogP contribution in [0.3, 0.4) is 0 Å². The predicted molar refractivity (Wildman–Crippen MR) is 109 cm³/mol. The lowest BCUT2D eigenvalue weighted by Gasteiger charge is -2.08. The summed E-state index contributed by atoms with van der Waals surface area (Å²) in [6.45, 7) is 1.63. The number of amides is 1. The van der Waals surface area contributed by atoms with Gasteiger partial charge in [-0.25, -0.2) is 0 Å². The molecule has 0 heterocycles. The van der Waals surface area contributed by atoms with Gasteiger partial charge in [-0.2, -0.15) is 0 Å². The second-order valence-electron chi connectivity index (χ2n) is 5.97. The van der Waals surface area contributed by atoms with Crippen LogP contribution in [-0.4, -0.2) is 47.0 Å². The van der Waals surface area contributed by atoms with E-state index in [0.717, 1.165) is 23.3 Å². The Morgan fingerprint density at radius 2 is 1.71 bits per heavy atom. The van der Waals surface area contributed by atoms with E-state index in [4.69, 9.17) is 18.9 Å². The quantitative estimate of drug-likeness (QED) is 0.476. The number of ether oxygens (including phenoxy) is 4. The third-order valence-corrected chi connectivity index (χ3v) is 4.05. The summed E-state index contributed by atoms with van der Waals surface area (Å²) in [5.74, 6) is 2.00. The second-order valence-corrected chi connectivity index (χ2v) is 5.97. The fourth-order valence-electron chi connectivity index (χ4n) is 2.51. The molecular formula is C22H27NO5. The number of nitrogens with one attached hydrogen (secondary N) is 1. The van der Waals surface area contributed by atoms with Crippen LogP contribution in [0.4, 0.5) is 0 Å². The molecule has 0 atom stereocenters. The highest BCUT2D eigenvalue weighted by Crippen LogP contribution is 2.25. The first-order chi connectivity index (χ1) is 13.7. The van der Waals surface area contributed by atoms with Crippen LogP contribution in [0.15, 0.2) is 48.5 Å². The maximum absolute atomic E-state index is 12.0. The normalized spacial score (nSPS) is 10.7. The zero-order valence-corrected chi connectivity index (χ0v) is 16.6. The van der Waals surface area contributed by atoms with Gasteiger partial charge in [0.25, 0.3) is 0 Å². The number of hydrogen-bond donors (Lipinski definition) is 1. The van der Waals surface area contributed by atoms with Crippen LogP contribution in [0, 0.1) is 0 Å². The number of benzene rings is 2. The summed E-state index contributed by atoms with van der Waals surface area (Å²) >= 11 is 0. The van der Waals surface area contributed by atoms with Crippen molar-refractivity contribution in [2.75, 3.05) is 41.1 Å². The van der Waals surface area contributed by atoms with Crippen molar-refractivity contribution < 1.29 is 23.7 Å². The molecular weight excluding hydrogens is 358 g/mol. The van der Waals surface area contributed by atoms with Crippen molar-refractivity contribution in [2.24, 2.45) is 0 Å². The van der Waals surface area contributed by atoms with Crippen LogP contribution in [0.2, 0.25) is 0 Å². The van der Waals surface area contributed by atoms with Crippen molar-refractivity contribution in [3.63, 3.8) is 0 Å². The highest BCUT2D eigenvalue weighted by molar-refractivity contribution is 5.92. The Kier molecular flexibility index (Phi) is 8.88. The highest BCUT2D eigenvalue weighted by Gasteiger charge is 2.03. The van der Waals surface area contributed by atoms with E-state index in [0.29, 0.717) is 31.3 Å². The van der Waals surface area contributed by atoms with E-state index in [1.807, 2.05) is 36.4 Å². The molecule has 28 heavy (non-hydrogen) atoms. The molecule has 6 nitrogen and oxygen atoms in total. The summed E-state index contributed by atoms with van der Waals surface area (Å²) in [5, 5.41) is 2.88. The fourth-order valence-corrected chi connectivity index (χ4v) is 2.51. The molecule has 150 valence electrons. The summed E-state index contributed by atoms with van der Waals surface area (Å²) in [6, 6.07) is 13.3. The first-order valence-corrected chi connectivity index (χ1v) is 9.05. The molecule has 1 amide bonds. The predicted octanol–water partition coefficient (Wildman–Crippen LogP) is 3.10. The topological polar surface area (TPSA) is 66.0 Å². The van der Waals surface area contributed by atoms with Crippen molar-refractivity contribution in [1.29, 1.82) is 0 Å². The molecule has 2 aromatic rings. The maximum atomic E-state index is 12.0.